The summed E-state index contributed by atoms with van der Waals surface area (Å²) in [7, 11) is 0. The van der Waals surface area contributed by atoms with E-state index in [2.05, 4.69) is 12.2 Å². The Labute approximate surface area is 112 Å². The molecule has 1 unspecified atom stereocenters. The maximum atomic E-state index is 3.82. The summed E-state index contributed by atoms with van der Waals surface area (Å²) in [5.74, 6) is 4.34. The van der Waals surface area contributed by atoms with Crippen molar-refractivity contribution in [2.45, 2.75) is 70.8 Å². The molecule has 0 aromatic carbocycles. The molecular weight excluding hydrogens is 218 g/mol. The van der Waals surface area contributed by atoms with Crippen LogP contribution in [0, 0.1) is 29.1 Å². The van der Waals surface area contributed by atoms with E-state index in [0.29, 0.717) is 0 Å². The summed E-state index contributed by atoms with van der Waals surface area (Å²) < 4.78 is 0. The first-order chi connectivity index (χ1) is 8.78. The van der Waals surface area contributed by atoms with Crippen molar-refractivity contribution in [3.05, 3.63) is 0 Å². The number of fused-ring (bicyclic) bond motifs is 5. The zero-order chi connectivity index (χ0) is 12.2. The molecule has 0 aromatic rings. The first-order valence-electron chi connectivity index (χ1n) is 8.51. The van der Waals surface area contributed by atoms with Gasteiger partial charge in [0.25, 0.3) is 0 Å². The molecule has 0 amide bonds. The Balaban J connectivity index is 1.59. The predicted octanol–water partition coefficient (Wildman–Crippen LogP) is 3.98. The van der Waals surface area contributed by atoms with E-state index < -0.39 is 0 Å². The highest BCUT2D eigenvalue weighted by Crippen LogP contribution is 2.60. The fraction of sp³-hybridized carbons (Fsp3) is 1.00. The number of nitrogens with one attached hydrogen (secondary N) is 1. The van der Waals surface area contributed by atoms with Crippen LogP contribution in [0.2, 0.25) is 0 Å². The molecule has 1 heterocycles. The van der Waals surface area contributed by atoms with Crippen LogP contribution in [-0.4, -0.2) is 12.6 Å². The van der Waals surface area contributed by atoms with E-state index in [1.54, 1.807) is 25.7 Å². The third-order valence-corrected chi connectivity index (χ3v) is 7.27. The minimum absolute atomic E-state index is 0.746. The minimum atomic E-state index is 0.746. The Morgan fingerprint density at radius 1 is 0.833 bits per heavy atom. The highest BCUT2D eigenvalue weighted by molar-refractivity contribution is 5.04. The van der Waals surface area contributed by atoms with Gasteiger partial charge in [0.1, 0.15) is 0 Å². The maximum Gasteiger partial charge on any atom is 0.00981 e. The Bertz CT molecular complexity index is 326. The van der Waals surface area contributed by atoms with Gasteiger partial charge < -0.3 is 5.32 Å². The molecule has 3 saturated carbocycles. The Hall–Kier alpha value is -0.0400. The van der Waals surface area contributed by atoms with Crippen LogP contribution in [-0.2, 0) is 0 Å². The lowest BCUT2D eigenvalue weighted by molar-refractivity contribution is -0.0357. The first-order valence-corrected chi connectivity index (χ1v) is 8.51. The number of hydrogen-bond acceptors (Lipinski definition) is 1. The zero-order valence-electron chi connectivity index (χ0n) is 12.0. The van der Waals surface area contributed by atoms with E-state index >= 15 is 0 Å². The molecule has 1 heteroatoms. The van der Waals surface area contributed by atoms with Crippen LogP contribution in [0.5, 0.6) is 0 Å². The van der Waals surface area contributed by atoms with Gasteiger partial charge in [0.15, 0.2) is 0 Å². The Morgan fingerprint density at radius 3 is 2.72 bits per heavy atom. The SMILES string of the molecule is C[C@@]12CCC[C@H]1[C@@H]1CCC3NCCC[C@@H]3[C@H]1CC2. The summed E-state index contributed by atoms with van der Waals surface area (Å²) in [6.45, 7) is 3.91. The number of piperidine rings is 1. The normalized spacial score (nSPS) is 55.5. The second-order valence-electron chi connectivity index (χ2n) is 7.96. The van der Waals surface area contributed by atoms with Gasteiger partial charge in [-0.05, 0) is 87.0 Å². The summed E-state index contributed by atoms with van der Waals surface area (Å²) in [4.78, 5) is 0. The van der Waals surface area contributed by atoms with E-state index in [9.17, 15) is 0 Å². The van der Waals surface area contributed by atoms with E-state index in [0.717, 1.165) is 35.1 Å². The summed E-state index contributed by atoms with van der Waals surface area (Å²) in [5, 5.41) is 3.82. The van der Waals surface area contributed by atoms with Gasteiger partial charge in [-0.1, -0.05) is 13.3 Å². The van der Waals surface area contributed by atoms with Crippen molar-refractivity contribution in [2.75, 3.05) is 6.54 Å². The molecule has 1 N–H and O–H groups in total. The summed E-state index contributed by atoms with van der Waals surface area (Å²) in [6.07, 6.45) is 13.7. The molecule has 0 aromatic heterocycles. The average molecular weight is 247 g/mol. The van der Waals surface area contributed by atoms with Gasteiger partial charge in [0, 0.05) is 6.04 Å². The van der Waals surface area contributed by atoms with E-state index in [-0.39, 0.29) is 0 Å². The molecule has 1 aliphatic heterocycles. The van der Waals surface area contributed by atoms with Gasteiger partial charge >= 0.3 is 0 Å². The highest BCUT2D eigenvalue weighted by atomic mass is 14.9. The predicted molar refractivity (Wildman–Crippen MR) is 75.4 cm³/mol. The van der Waals surface area contributed by atoms with Gasteiger partial charge in [0.2, 0.25) is 0 Å². The molecule has 3 aliphatic carbocycles. The van der Waals surface area contributed by atoms with Crippen LogP contribution in [0.4, 0.5) is 0 Å². The molecule has 4 aliphatic rings. The van der Waals surface area contributed by atoms with E-state index in [4.69, 9.17) is 0 Å². The minimum Gasteiger partial charge on any atom is -0.314 e. The van der Waals surface area contributed by atoms with Crippen molar-refractivity contribution in [3.8, 4) is 0 Å². The molecule has 0 spiro atoms. The third kappa shape index (κ3) is 1.62. The summed E-state index contributed by atoms with van der Waals surface area (Å²) in [5.41, 5.74) is 0.746. The molecule has 4 fully saturated rings. The molecule has 102 valence electrons. The Kier molecular flexibility index (Phi) is 2.76. The van der Waals surface area contributed by atoms with Crippen molar-refractivity contribution in [1.82, 2.24) is 5.32 Å². The highest BCUT2D eigenvalue weighted by Gasteiger charge is 2.52. The molecule has 18 heavy (non-hydrogen) atoms. The van der Waals surface area contributed by atoms with Crippen LogP contribution in [0.25, 0.3) is 0 Å². The largest absolute Gasteiger partial charge is 0.314 e. The summed E-state index contributed by atoms with van der Waals surface area (Å²) in [6, 6.07) is 0.894. The molecule has 6 atom stereocenters. The molecule has 0 bridgehead atoms. The van der Waals surface area contributed by atoms with Gasteiger partial charge in [-0.15, -0.1) is 0 Å². The van der Waals surface area contributed by atoms with Crippen LogP contribution in [0.3, 0.4) is 0 Å². The topological polar surface area (TPSA) is 12.0 Å². The fourth-order valence-corrected chi connectivity index (χ4v) is 6.44. The van der Waals surface area contributed by atoms with E-state index in [1.807, 2.05) is 0 Å². The van der Waals surface area contributed by atoms with Crippen molar-refractivity contribution in [1.29, 1.82) is 0 Å². The van der Waals surface area contributed by atoms with Gasteiger partial charge in [-0.3, -0.25) is 0 Å². The second kappa shape index (κ2) is 4.23. The van der Waals surface area contributed by atoms with Gasteiger partial charge in [-0.2, -0.15) is 0 Å². The lowest BCUT2D eigenvalue weighted by atomic mass is 9.53. The quantitative estimate of drug-likeness (QED) is 0.682. The van der Waals surface area contributed by atoms with Gasteiger partial charge in [-0.25, -0.2) is 0 Å². The van der Waals surface area contributed by atoms with Crippen molar-refractivity contribution < 1.29 is 0 Å². The molecule has 1 nitrogen and oxygen atoms in total. The zero-order valence-corrected chi connectivity index (χ0v) is 12.0. The van der Waals surface area contributed by atoms with E-state index in [1.165, 1.54) is 38.6 Å². The third-order valence-electron chi connectivity index (χ3n) is 7.27. The molecule has 4 rings (SSSR count). The van der Waals surface area contributed by atoms with Crippen molar-refractivity contribution in [2.24, 2.45) is 29.1 Å². The van der Waals surface area contributed by atoms with Crippen LogP contribution in [0.1, 0.15) is 64.7 Å². The van der Waals surface area contributed by atoms with Crippen LogP contribution < -0.4 is 5.32 Å². The molecule has 1 saturated heterocycles. The standard InChI is InChI=1S/C17H29N/c1-17-9-2-5-15(17)13-6-7-16-14(4-3-11-18-16)12(13)8-10-17/h12-16,18H,2-11H2,1H3/t12-,13+,14+,15-,16?,17-/m0/s1. The van der Waals surface area contributed by atoms with Crippen molar-refractivity contribution in [3.63, 3.8) is 0 Å². The van der Waals surface area contributed by atoms with Crippen LogP contribution in [0.15, 0.2) is 0 Å². The summed E-state index contributed by atoms with van der Waals surface area (Å²) >= 11 is 0. The second-order valence-corrected chi connectivity index (χ2v) is 7.96. The Morgan fingerprint density at radius 2 is 1.78 bits per heavy atom. The number of hydrogen-bond donors (Lipinski definition) is 1. The fourth-order valence-electron chi connectivity index (χ4n) is 6.44. The molecule has 0 radical (unpaired) electrons. The van der Waals surface area contributed by atoms with Crippen LogP contribution >= 0.6 is 0 Å². The van der Waals surface area contributed by atoms with Gasteiger partial charge in [0.05, 0.1) is 0 Å². The monoisotopic (exact) mass is 247 g/mol. The lowest BCUT2D eigenvalue weighted by Gasteiger charge is -2.54. The lowest BCUT2D eigenvalue weighted by Crippen LogP contribution is -2.53. The number of rotatable bonds is 0. The first kappa shape index (κ1) is 11.8. The maximum absolute atomic E-state index is 3.82. The molecular formula is C17H29N. The van der Waals surface area contributed by atoms with Crippen molar-refractivity contribution >= 4 is 0 Å². The smallest absolute Gasteiger partial charge is 0.00981 e. The average Bonchev–Trinajstić information content (AvgIpc) is 2.80.